The molecule has 0 aromatic rings. The lowest BCUT2D eigenvalue weighted by atomic mass is 9.93. The zero-order chi connectivity index (χ0) is 9.03. The van der Waals surface area contributed by atoms with Crippen molar-refractivity contribution in [3.05, 3.63) is 0 Å². The van der Waals surface area contributed by atoms with Gasteiger partial charge in [-0.3, -0.25) is 0 Å². The molecule has 1 N–H and O–H groups in total. The van der Waals surface area contributed by atoms with Crippen LogP contribution in [0.25, 0.3) is 0 Å². The number of rotatable bonds is 4. The standard InChI is InChI=1S/C10H21NO/c1-4-11-9(2)10(12-3)7-5-6-8-10/h9,11H,4-8H2,1-3H3. The Morgan fingerprint density at radius 1 is 1.42 bits per heavy atom. The molecular formula is C10H21NO. The molecule has 1 atom stereocenters. The zero-order valence-electron chi connectivity index (χ0n) is 8.52. The van der Waals surface area contributed by atoms with Crippen LogP contribution in [0.3, 0.4) is 0 Å². The summed E-state index contributed by atoms with van der Waals surface area (Å²) >= 11 is 0. The summed E-state index contributed by atoms with van der Waals surface area (Å²) in [5.74, 6) is 0. The van der Waals surface area contributed by atoms with E-state index >= 15 is 0 Å². The number of methoxy groups -OCH3 is 1. The molecule has 1 fully saturated rings. The highest BCUT2D eigenvalue weighted by Crippen LogP contribution is 2.35. The quantitative estimate of drug-likeness (QED) is 0.698. The van der Waals surface area contributed by atoms with E-state index in [2.05, 4.69) is 19.2 Å². The van der Waals surface area contributed by atoms with Crippen LogP contribution in [-0.2, 0) is 4.74 Å². The summed E-state index contributed by atoms with van der Waals surface area (Å²) < 4.78 is 5.65. The average Bonchev–Trinajstić information content (AvgIpc) is 2.54. The molecule has 1 aliphatic carbocycles. The molecule has 1 saturated carbocycles. The predicted octanol–water partition coefficient (Wildman–Crippen LogP) is 1.94. The second-order valence-electron chi connectivity index (χ2n) is 3.76. The molecule has 0 heterocycles. The van der Waals surface area contributed by atoms with E-state index in [0.717, 1.165) is 6.54 Å². The Hall–Kier alpha value is -0.0800. The maximum absolute atomic E-state index is 5.65. The van der Waals surface area contributed by atoms with Gasteiger partial charge in [-0.2, -0.15) is 0 Å². The summed E-state index contributed by atoms with van der Waals surface area (Å²) in [4.78, 5) is 0. The Morgan fingerprint density at radius 3 is 2.42 bits per heavy atom. The van der Waals surface area contributed by atoms with E-state index in [-0.39, 0.29) is 5.60 Å². The summed E-state index contributed by atoms with van der Waals surface area (Å²) in [6.07, 6.45) is 5.09. The maximum Gasteiger partial charge on any atom is 0.0828 e. The molecule has 12 heavy (non-hydrogen) atoms. The first-order valence-corrected chi connectivity index (χ1v) is 5.03. The first-order valence-electron chi connectivity index (χ1n) is 5.03. The smallest absolute Gasteiger partial charge is 0.0828 e. The molecule has 72 valence electrons. The Morgan fingerprint density at radius 2 is 2.00 bits per heavy atom. The topological polar surface area (TPSA) is 21.3 Å². The normalized spacial score (nSPS) is 24.2. The summed E-state index contributed by atoms with van der Waals surface area (Å²) in [6, 6.07) is 0.495. The molecule has 1 aliphatic rings. The third-order valence-electron chi connectivity index (χ3n) is 3.16. The van der Waals surface area contributed by atoms with Gasteiger partial charge >= 0.3 is 0 Å². The van der Waals surface area contributed by atoms with Crippen molar-refractivity contribution >= 4 is 0 Å². The maximum atomic E-state index is 5.65. The van der Waals surface area contributed by atoms with E-state index in [9.17, 15) is 0 Å². The van der Waals surface area contributed by atoms with Crippen molar-refractivity contribution in [1.82, 2.24) is 5.32 Å². The first-order chi connectivity index (χ1) is 5.75. The SMILES string of the molecule is CCNC(C)C1(OC)CCCC1. The number of ether oxygens (including phenoxy) is 1. The van der Waals surface area contributed by atoms with Gasteiger partial charge in [-0.25, -0.2) is 0 Å². The Bertz CT molecular complexity index is 130. The molecule has 1 rings (SSSR count). The minimum atomic E-state index is 0.135. The van der Waals surface area contributed by atoms with Gasteiger partial charge in [0.05, 0.1) is 5.60 Å². The molecule has 0 saturated heterocycles. The molecule has 2 nitrogen and oxygen atoms in total. The minimum Gasteiger partial charge on any atom is -0.377 e. The highest BCUT2D eigenvalue weighted by molar-refractivity contribution is 4.94. The van der Waals surface area contributed by atoms with Gasteiger partial charge in [-0.1, -0.05) is 19.8 Å². The fourth-order valence-corrected chi connectivity index (χ4v) is 2.28. The van der Waals surface area contributed by atoms with Gasteiger partial charge in [0.1, 0.15) is 0 Å². The van der Waals surface area contributed by atoms with Crippen LogP contribution in [-0.4, -0.2) is 25.3 Å². The molecule has 0 aromatic carbocycles. The van der Waals surface area contributed by atoms with E-state index in [4.69, 9.17) is 4.74 Å². The van der Waals surface area contributed by atoms with E-state index < -0.39 is 0 Å². The Balaban J connectivity index is 2.52. The van der Waals surface area contributed by atoms with E-state index in [0.29, 0.717) is 6.04 Å². The van der Waals surface area contributed by atoms with Crippen LogP contribution in [0.2, 0.25) is 0 Å². The van der Waals surface area contributed by atoms with Gasteiger partial charge in [0.15, 0.2) is 0 Å². The second kappa shape index (κ2) is 4.24. The van der Waals surface area contributed by atoms with Crippen LogP contribution in [0.15, 0.2) is 0 Å². The van der Waals surface area contributed by atoms with Crippen LogP contribution in [0.1, 0.15) is 39.5 Å². The van der Waals surface area contributed by atoms with Crippen LogP contribution in [0, 0.1) is 0 Å². The monoisotopic (exact) mass is 171 g/mol. The fraction of sp³-hybridized carbons (Fsp3) is 1.00. The zero-order valence-corrected chi connectivity index (χ0v) is 8.52. The highest BCUT2D eigenvalue weighted by atomic mass is 16.5. The van der Waals surface area contributed by atoms with Crippen molar-refractivity contribution < 1.29 is 4.74 Å². The van der Waals surface area contributed by atoms with Crippen molar-refractivity contribution in [2.45, 2.75) is 51.2 Å². The van der Waals surface area contributed by atoms with Crippen LogP contribution in [0.4, 0.5) is 0 Å². The second-order valence-corrected chi connectivity index (χ2v) is 3.76. The number of hydrogen-bond acceptors (Lipinski definition) is 2. The molecule has 0 bridgehead atoms. The summed E-state index contributed by atoms with van der Waals surface area (Å²) in [7, 11) is 1.85. The van der Waals surface area contributed by atoms with Gasteiger partial charge in [0.2, 0.25) is 0 Å². The molecule has 0 amide bonds. The van der Waals surface area contributed by atoms with Crippen LogP contribution in [0.5, 0.6) is 0 Å². The third-order valence-corrected chi connectivity index (χ3v) is 3.16. The van der Waals surface area contributed by atoms with E-state index in [1.165, 1.54) is 25.7 Å². The lowest BCUT2D eigenvalue weighted by molar-refractivity contribution is -0.0302. The van der Waals surface area contributed by atoms with Gasteiger partial charge in [-0.15, -0.1) is 0 Å². The molecule has 0 radical (unpaired) electrons. The largest absolute Gasteiger partial charge is 0.377 e. The predicted molar refractivity (Wildman–Crippen MR) is 51.3 cm³/mol. The van der Waals surface area contributed by atoms with Crippen LogP contribution < -0.4 is 5.32 Å². The van der Waals surface area contributed by atoms with Crippen molar-refractivity contribution in [2.24, 2.45) is 0 Å². The van der Waals surface area contributed by atoms with Crippen LogP contribution >= 0.6 is 0 Å². The lowest BCUT2D eigenvalue weighted by Crippen LogP contribution is -2.48. The molecule has 2 heteroatoms. The van der Waals surface area contributed by atoms with Crippen molar-refractivity contribution in [3.8, 4) is 0 Å². The minimum absolute atomic E-state index is 0.135. The molecule has 0 aromatic heterocycles. The number of likely N-dealkylation sites (N-methyl/N-ethyl adjacent to an activating group) is 1. The molecule has 1 unspecified atom stereocenters. The average molecular weight is 171 g/mol. The highest BCUT2D eigenvalue weighted by Gasteiger charge is 2.38. The summed E-state index contributed by atoms with van der Waals surface area (Å²) in [5, 5.41) is 3.45. The third kappa shape index (κ3) is 1.80. The number of hydrogen-bond donors (Lipinski definition) is 1. The lowest BCUT2D eigenvalue weighted by Gasteiger charge is -2.34. The Labute approximate surface area is 75.7 Å². The molecule has 0 aliphatic heterocycles. The van der Waals surface area contributed by atoms with Crippen molar-refractivity contribution in [1.29, 1.82) is 0 Å². The molecular weight excluding hydrogens is 150 g/mol. The Kier molecular flexibility index (Phi) is 3.53. The first kappa shape index (κ1) is 10.0. The summed E-state index contributed by atoms with van der Waals surface area (Å²) in [5.41, 5.74) is 0.135. The fourth-order valence-electron chi connectivity index (χ4n) is 2.28. The van der Waals surface area contributed by atoms with Gasteiger partial charge < -0.3 is 10.1 Å². The van der Waals surface area contributed by atoms with E-state index in [1.807, 2.05) is 7.11 Å². The van der Waals surface area contributed by atoms with E-state index in [1.54, 1.807) is 0 Å². The van der Waals surface area contributed by atoms with Gasteiger partial charge in [0, 0.05) is 13.2 Å². The molecule has 0 spiro atoms. The van der Waals surface area contributed by atoms with Crippen molar-refractivity contribution in [2.75, 3.05) is 13.7 Å². The van der Waals surface area contributed by atoms with Gasteiger partial charge in [-0.05, 0) is 26.3 Å². The summed E-state index contributed by atoms with van der Waals surface area (Å²) in [6.45, 7) is 5.42. The number of nitrogens with one attached hydrogen (secondary N) is 1. The van der Waals surface area contributed by atoms with Crippen molar-refractivity contribution in [3.63, 3.8) is 0 Å². The van der Waals surface area contributed by atoms with Gasteiger partial charge in [0.25, 0.3) is 0 Å².